The van der Waals surface area contributed by atoms with Gasteiger partial charge >= 0.3 is 0 Å². The van der Waals surface area contributed by atoms with E-state index in [4.69, 9.17) is 11.6 Å². The molecule has 15 heavy (non-hydrogen) atoms. The number of hydrogen-bond acceptors (Lipinski definition) is 4. The highest BCUT2D eigenvalue weighted by molar-refractivity contribution is 7.10. The highest BCUT2D eigenvalue weighted by Gasteiger charge is 1.98. The van der Waals surface area contributed by atoms with Gasteiger partial charge in [0.05, 0.1) is 5.02 Å². The summed E-state index contributed by atoms with van der Waals surface area (Å²) in [5.41, 5.74) is 0. The molecule has 0 bridgehead atoms. The maximum atomic E-state index is 5.81. The summed E-state index contributed by atoms with van der Waals surface area (Å²) in [6.07, 6.45) is 2.38. The van der Waals surface area contributed by atoms with Gasteiger partial charge in [0.15, 0.2) is 0 Å². The zero-order chi connectivity index (χ0) is 10.5. The van der Waals surface area contributed by atoms with Gasteiger partial charge in [-0.15, -0.1) is 11.3 Å². The number of halogens is 1. The van der Waals surface area contributed by atoms with Gasteiger partial charge in [-0.3, -0.25) is 5.10 Å². The molecule has 4 nitrogen and oxygen atoms in total. The van der Waals surface area contributed by atoms with E-state index in [1.54, 1.807) is 11.3 Å². The molecule has 0 aliphatic carbocycles. The number of H-pyrrole nitrogens is 1. The second kappa shape index (κ2) is 5.25. The molecule has 0 saturated carbocycles. The van der Waals surface area contributed by atoms with E-state index >= 15 is 0 Å². The lowest BCUT2D eigenvalue weighted by molar-refractivity contribution is 0.677. The maximum absolute atomic E-state index is 5.81. The summed E-state index contributed by atoms with van der Waals surface area (Å²) in [7, 11) is 0. The number of aromatic amines is 1. The van der Waals surface area contributed by atoms with Crippen molar-refractivity contribution in [1.29, 1.82) is 0 Å². The molecule has 0 amide bonds. The molecule has 0 aliphatic rings. The number of nitrogens with zero attached hydrogens (tertiary/aromatic N) is 2. The number of hydrogen-bond donors (Lipinski definition) is 2. The van der Waals surface area contributed by atoms with Crippen molar-refractivity contribution in [3.63, 3.8) is 0 Å². The van der Waals surface area contributed by atoms with Crippen LogP contribution >= 0.6 is 22.9 Å². The van der Waals surface area contributed by atoms with Crippen LogP contribution in [0.1, 0.15) is 10.7 Å². The molecule has 2 rings (SSSR count). The molecule has 2 heterocycles. The molecule has 0 spiro atoms. The maximum Gasteiger partial charge on any atom is 0.137 e. The third-order valence-corrected chi connectivity index (χ3v) is 3.21. The van der Waals surface area contributed by atoms with Crippen LogP contribution in [0.2, 0.25) is 5.02 Å². The topological polar surface area (TPSA) is 53.6 Å². The third kappa shape index (κ3) is 3.30. The molecule has 2 N–H and O–H groups in total. The van der Waals surface area contributed by atoms with Crippen LogP contribution in [0.3, 0.4) is 0 Å². The largest absolute Gasteiger partial charge is 0.311 e. The minimum atomic E-state index is 0.812. The number of thiophene rings is 1. The molecular weight excluding hydrogens is 232 g/mol. The van der Waals surface area contributed by atoms with Crippen molar-refractivity contribution in [3.05, 3.63) is 33.5 Å². The molecule has 0 saturated heterocycles. The van der Waals surface area contributed by atoms with E-state index in [1.165, 1.54) is 11.2 Å². The SMILES string of the molecule is Clc1csc(CNCCc2ncn[nH]2)c1. The Bertz CT molecular complexity index is 398. The standard InChI is InChI=1S/C9H11ClN4S/c10-7-3-8(15-5-7)4-11-2-1-9-12-6-13-14-9/h3,5-6,11H,1-2,4H2,(H,12,13,14). The van der Waals surface area contributed by atoms with Crippen molar-refractivity contribution in [2.24, 2.45) is 0 Å². The highest BCUT2D eigenvalue weighted by atomic mass is 35.5. The third-order valence-electron chi connectivity index (χ3n) is 1.92. The summed E-state index contributed by atoms with van der Waals surface area (Å²) in [6, 6.07) is 1.98. The van der Waals surface area contributed by atoms with Crippen LogP contribution < -0.4 is 5.32 Å². The number of aromatic nitrogens is 3. The monoisotopic (exact) mass is 242 g/mol. The lowest BCUT2D eigenvalue weighted by atomic mass is 10.4. The van der Waals surface area contributed by atoms with Crippen LogP contribution in [0.15, 0.2) is 17.8 Å². The Labute approximate surface area is 96.7 Å². The molecule has 0 atom stereocenters. The van der Waals surface area contributed by atoms with Crippen LogP contribution in [0.5, 0.6) is 0 Å². The second-order valence-corrected chi connectivity index (χ2v) is 4.52. The van der Waals surface area contributed by atoms with Crippen molar-refractivity contribution in [2.75, 3.05) is 6.54 Å². The molecule has 0 fully saturated rings. The summed E-state index contributed by atoms with van der Waals surface area (Å²) >= 11 is 7.48. The van der Waals surface area contributed by atoms with Gasteiger partial charge in [0.2, 0.25) is 0 Å². The van der Waals surface area contributed by atoms with Crippen LogP contribution in [0, 0.1) is 0 Å². The van der Waals surface area contributed by atoms with Gasteiger partial charge in [-0.1, -0.05) is 11.6 Å². The first-order chi connectivity index (χ1) is 7.34. The molecule has 6 heteroatoms. The summed E-state index contributed by atoms with van der Waals surface area (Å²) in [5.74, 6) is 0.909. The summed E-state index contributed by atoms with van der Waals surface area (Å²) in [5, 5.41) is 12.7. The minimum absolute atomic E-state index is 0.812. The first-order valence-corrected chi connectivity index (χ1v) is 5.88. The molecular formula is C9H11ClN4S. The zero-order valence-corrected chi connectivity index (χ0v) is 9.61. The van der Waals surface area contributed by atoms with E-state index in [2.05, 4.69) is 20.5 Å². The van der Waals surface area contributed by atoms with E-state index < -0.39 is 0 Å². The van der Waals surface area contributed by atoms with Gasteiger partial charge in [0, 0.05) is 29.8 Å². The van der Waals surface area contributed by atoms with Crippen LogP contribution in [0.25, 0.3) is 0 Å². The number of rotatable bonds is 5. The molecule has 80 valence electrons. The Balaban J connectivity index is 1.67. The van der Waals surface area contributed by atoms with Crippen molar-refractivity contribution in [2.45, 2.75) is 13.0 Å². The Morgan fingerprint density at radius 2 is 2.47 bits per heavy atom. The predicted octanol–water partition coefficient (Wildman–Crippen LogP) is 1.85. The Morgan fingerprint density at radius 1 is 1.53 bits per heavy atom. The quantitative estimate of drug-likeness (QED) is 0.787. The summed E-state index contributed by atoms with van der Waals surface area (Å²) in [6.45, 7) is 1.73. The molecule has 0 aliphatic heterocycles. The summed E-state index contributed by atoms with van der Waals surface area (Å²) in [4.78, 5) is 5.29. The van der Waals surface area contributed by atoms with Crippen LogP contribution in [0.4, 0.5) is 0 Å². The average Bonchev–Trinajstić information content (AvgIpc) is 2.84. The van der Waals surface area contributed by atoms with Gasteiger partial charge in [0.1, 0.15) is 12.2 Å². The molecule has 2 aromatic rings. The minimum Gasteiger partial charge on any atom is -0.311 e. The van der Waals surface area contributed by atoms with Crippen LogP contribution in [-0.4, -0.2) is 21.7 Å². The fraction of sp³-hybridized carbons (Fsp3) is 0.333. The lowest BCUT2D eigenvalue weighted by Crippen LogP contribution is -2.16. The highest BCUT2D eigenvalue weighted by Crippen LogP contribution is 2.18. The van der Waals surface area contributed by atoms with Crippen molar-refractivity contribution in [1.82, 2.24) is 20.5 Å². The Morgan fingerprint density at radius 3 is 3.13 bits per heavy atom. The van der Waals surface area contributed by atoms with E-state index in [9.17, 15) is 0 Å². The van der Waals surface area contributed by atoms with Gasteiger partial charge in [0.25, 0.3) is 0 Å². The van der Waals surface area contributed by atoms with E-state index in [-0.39, 0.29) is 0 Å². The van der Waals surface area contributed by atoms with Gasteiger partial charge < -0.3 is 5.32 Å². The van der Waals surface area contributed by atoms with E-state index in [1.807, 2.05) is 11.4 Å². The molecule has 2 aromatic heterocycles. The Kier molecular flexibility index (Phi) is 3.71. The van der Waals surface area contributed by atoms with E-state index in [0.29, 0.717) is 0 Å². The molecule has 0 radical (unpaired) electrons. The fourth-order valence-electron chi connectivity index (χ4n) is 1.22. The van der Waals surface area contributed by atoms with Gasteiger partial charge in [-0.05, 0) is 6.07 Å². The van der Waals surface area contributed by atoms with E-state index in [0.717, 1.165) is 30.4 Å². The summed E-state index contributed by atoms with van der Waals surface area (Å²) < 4.78 is 0. The average molecular weight is 243 g/mol. The first-order valence-electron chi connectivity index (χ1n) is 4.62. The predicted molar refractivity (Wildman–Crippen MR) is 61.1 cm³/mol. The lowest BCUT2D eigenvalue weighted by Gasteiger charge is -2.00. The first kappa shape index (κ1) is 10.6. The molecule has 0 unspecified atom stereocenters. The Hall–Kier alpha value is -0.910. The molecule has 0 aromatic carbocycles. The fourth-order valence-corrected chi connectivity index (χ4v) is 2.26. The van der Waals surface area contributed by atoms with Crippen molar-refractivity contribution >= 4 is 22.9 Å². The van der Waals surface area contributed by atoms with Crippen LogP contribution in [-0.2, 0) is 13.0 Å². The van der Waals surface area contributed by atoms with Crippen molar-refractivity contribution < 1.29 is 0 Å². The normalized spacial score (nSPS) is 10.7. The second-order valence-electron chi connectivity index (χ2n) is 3.09. The van der Waals surface area contributed by atoms with Gasteiger partial charge in [-0.25, -0.2) is 4.98 Å². The van der Waals surface area contributed by atoms with Gasteiger partial charge in [-0.2, -0.15) is 5.10 Å². The zero-order valence-electron chi connectivity index (χ0n) is 8.03. The number of nitrogens with one attached hydrogen (secondary N) is 2. The van der Waals surface area contributed by atoms with Crippen molar-refractivity contribution in [3.8, 4) is 0 Å². The smallest absolute Gasteiger partial charge is 0.137 e.